The summed E-state index contributed by atoms with van der Waals surface area (Å²) in [6.45, 7) is 8.75. The number of rotatable bonds is 7. The van der Waals surface area contributed by atoms with Gasteiger partial charge in [-0.2, -0.15) is 4.31 Å². The molecule has 1 saturated heterocycles. The minimum atomic E-state index is -3.96. The van der Waals surface area contributed by atoms with E-state index in [1.165, 1.54) is 22.5 Å². The molecule has 1 aromatic carbocycles. The topological polar surface area (TPSA) is 119 Å². The average molecular weight is 538 g/mol. The maximum Gasteiger partial charge on any atom is 0.417 e. The molecule has 1 unspecified atom stereocenters. The van der Waals surface area contributed by atoms with E-state index < -0.39 is 39.8 Å². The van der Waals surface area contributed by atoms with Crippen molar-refractivity contribution in [1.29, 1.82) is 0 Å². The lowest BCUT2D eigenvalue weighted by atomic mass is 10.0. The predicted molar refractivity (Wildman–Crippen MR) is 130 cm³/mol. The summed E-state index contributed by atoms with van der Waals surface area (Å²) in [6.07, 6.45) is -1.27. The number of benzene rings is 1. The van der Waals surface area contributed by atoms with Crippen molar-refractivity contribution in [3.05, 3.63) is 28.2 Å². The molecule has 12 heteroatoms. The van der Waals surface area contributed by atoms with E-state index in [-0.39, 0.29) is 42.1 Å². The number of hydrogen-bond acceptors (Lipinski definition) is 7. The number of sulfonamides is 1. The van der Waals surface area contributed by atoms with Crippen molar-refractivity contribution < 1.29 is 27.5 Å². The zero-order chi connectivity index (χ0) is 25.8. The van der Waals surface area contributed by atoms with E-state index in [9.17, 15) is 18.0 Å². The van der Waals surface area contributed by atoms with E-state index in [0.29, 0.717) is 11.4 Å². The second kappa shape index (κ2) is 11.5. The fourth-order valence-corrected chi connectivity index (χ4v) is 5.63. The molecule has 0 spiro atoms. The average Bonchev–Trinajstić information content (AvgIpc) is 2.69. The number of ether oxygens (including phenoxy) is 2. The van der Waals surface area contributed by atoms with Crippen molar-refractivity contribution in [3.63, 3.8) is 0 Å². The summed E-state index contributed by atoms with van der Waals surface area (Å²) in [5.74, 6) is -0.470. The molecular weight excluding hydrogens is 505 g/mol. The molecule has 2 atom stereocenters. The summed E-state index contributed by atoms with van der Waals surface area (Å²) in [5.41, 5.74) is 5.21. The van der Waals surface area contributed by atoms with Crippen molar-refractivity contribution in [2.45, 2.75) is 63.7 Å². The smallest absolute Gasteiger partial charge is 0.417 e. The third-order valence-electron chi connectivity index (χ3n) is 4.92. The molecule has 0 aliphatic carbocycles. The summed E-state index contributed by atoms with van der Waals surface area (Å²) >= 11 is 12.0. The standard InChI is InChI=1S/C22H33Cl2N3O6S/c1-14(2)10-18(25)20(28)27(21(29)33-22(3,4)5)13-16-12-26(8-9-32-16)34(30,31)19-7-6-15(23)11-17(19)24/h6-7,11,14,16,18H,8-10,12-13,25H2,1-5H3/t16?,18-/m0/s1. The van der Waals surface area contributed by atoms with E-state index >= 15 is 0 Å². The number of amides is 2. The zero-order valence-electron chi connectivity index (χ0n) is 20.1. The van der Waals surface area contributed by atoms with Gasteiger partial charge in [0.05, 0.1) is 30.3 Å². The van der Waals surface area contributed by atoms with E-state index in [2.05, 4.69) is 0 Å². The second-order valence-electron chi connectivity index (χ2n) is 9.60. The van der Waals surface area contributed by atoms with Crippen LogP contribution in [0.4, 0.5) is 4.79 Å². The van der Waals surface area contributed by atoms with Gasteiger partial charge in [-0.25, -0.2) is 18.1 Å². The molecule has 2 amide bonds. The van der Waals surface area contributed by atoms with Crippen LogP contribution in [0.15, 0.2) is 23.1 Å². The largest absolute Gasteiger partial charge is 0.443 e. The SMILES string of the molecule is CC(C)C[C@H](N)C(=O)N(CC1CN(S(=O)(=O)c2ccc(Cl)cc2Cl)CCO1)C(=O)OC(C)(C)C. The Morgan fingerprint density at radius 1 is 1.29 bits per heavy atom. The fraction of sp³-hybridized carbons (Fsp3) is 0.636. The predicted octanol–water partition coefficient (Wildman–Crippen LogP) is 3.52. The molecule has 2 rings (SSSR count). The van der Waals surface area contributed by atoms with Gasteiger partial charge in [0.2, 0.25) is 15.9 Å². The Kier molecular flexibility index (Phi) is 9.77. The minimum Gasteiger partial charge on any atom is -0.443 e. The lowest BCUT2D eigenvalue weighted by Gasteiger charge is -2.35. The van der Waals surface area contributed by atoms with Crippen LogP contribution in [0.5, 0.6) is 0 Å². The highest BCUT2D eigenvalue weighted by atomic mass is 35.5. The second-order valence-corrected chi connectivity index (χ2v) is 12.3. The summed E-state index contributed by atoms with van der Waals surface area (Å²) in [4.78, 5) is 26.7. The van der Waals surface area contributed by atoms with Gasteiger partial charge in [-0.3, -0.25) is 4.79 Å². The third kappa shape index (κ3) is 7.79. The highest BCUT2D eigenvalue weighted by Crippen LogP contribution is 2.28. The van der Waals surface area contributed by atoms with Gasteiger partial charge in [-0.15, -0.1) is 0 Å². The highest BCUT2D eigenvalue weighted by Gasteiger charge is 2.37. The molecule has 2 N–H and O–H groups in total. The van der Waals surface area contributed by atoms with E-state index in [0.717, 1.165) is 4.90 Å². The maximum atomic E-state index is 13.2. The van der Waals surface area contributed by atoms with E-state index in [1.807, 2.05) is 13.8 Å². The molecule has 9 nitrogen and oxygen atoms in total. The first kappa shape index (κ1) is 28.8. The van der Waals surface area contributed by atoms with Gasteiger partial charge < -0.3 is 15.2 Å². The van der Waals surface area contributed by atoms with Crippen LogP contribution in [0.1, 0.15) is 41.0 Å². The third-order valence-corrected chi connectivity index (χ3v) is 7.51. The van der Waals surface area contributed by atoms with E-state index in [1.54, 1.807) is 20.8 Å². The van der Waals surface area contributed by atoms with Crippen molar-refractivity contribution in [2.75, 3.05) is 26.2 Å². The fourth-order valence-electron chi connectivity index (χ4n) is 3.43. The summed E-state index contributed by atoms with van der Waals surface area (Å²) in [5, 5.41) is 0.314. The molecule has 1 fully saturated rings. The van der Waals surface area contributed by atoms with Gasteiger partial charge >= 0.3 is 6.09 Å². The summed E-state index contributed by atoms with van der Waals surface area (Å²) in [7, 11) is -3.96. The van der Waals surface area contributed by atoms with Crippen LogP contribution >= 0.6 is 23.2 Å². The molecule has 1 aliphatic heterocycles. The number of morpholine rings is 1. The highest BCUT2D eigenvalue weighted by molar-refractivity contribution is 7.89. The Bertz CT molecular complexity index is 997. The number of halogens is 2. The van der Waals surface area contributed by atoms with Crippen molar-refractivity contribution >= 4 is 45.2 Å². The molecule has 0 saturated carbocycles. The van der Waals surface area contributed by atoms with Gasteiger partial charge in [-0.1, -0.05) is 37.0 Å². The molecule has 192 valence electrons. The van der Waals surface area contributed by atoms with Crippen molar-refractivity contribution in [2.24, 2.45) is 11.7 Å². The van der Waals surface area contributed by atoms with Crippen molar-refractivity contribution in [3.8, 4) is 0 Å². The minimum absolute atomic E-state index is 0.000704. The monoisotopic (exact) mass is 537 g/mol. The number of carbonyl (C=O) groups is 2. The van der Waals surface area contributed by atoms with Gasteiger partial charge in [0, 0.05) is 18.1 Å². The van der Waals surface area contributed by atoms with Gasteiger partial charge in [-0.05, 0) is 51.3 Å². The Labute approximate surface area is 211 Å². The molecule has 34 heavy (non-hydrogen) atoms. The lowest BCUT2D eigenvalue weighted by molar-refractivity contribution is -0.134. The Hall–Kier alpha value is -1.43. The first-order valence-corrected chi connectivity index (χ1v) is 13.2. The number of carbonyl (C=O) groups excluding carboxylic acids is 2. The molecular formula is C22H33Cl2N3O6S. The van der Waals surface area contributed by atoms with Crippen LogP contribution in [0.2, 0.25) is 10.0 Å². The van der Waals surface area contributed by atoms with Crippen LogP contribution in [-0.4, -0.2) is 73.6 Å². The quantitative estimate of drug-likeness (QED) is 0.564. The van der Waals surface area contributed by atoms with Crippen LogP contribution in [0, 0.1) is 5.92 Å². The zero-order valence-corrected chi connectivity index (χ0v) is 22.4. The molecule has 0 aromatic heterocycles. The number of imide groups is 1. The lowest BCUT2D eigenvalue weighted by Crippen LogP contribution is -2.55. The van der Waals surface area contributed by atoms with Gasteiger partial charge in [0.25, 0.3) is 0 Å². The summed E-state index contributed by atoms with van der Waals surface area (Å²) in [6, 6.07) is 3.22. The van der Waals surface area contributed by atoms with Gasteiger partial charge in [0.15, 0.2) is 0 Å². The molecule has 0 bridgehead atoms. The number of nitrogens with zero attached hydrogens (tertiary/aromatic N) is 2. The van der Waals surface area contributed by atoms with Crippen LogP contribution in [0.25, 0.3) is 0 Å². The number of nitrogens with two attached hydrogens (primary N) is 1. The molecule has 1 aliphatic rings. The molecule has 1 aromatic rings. The van der Waals surface area contributed by atoms with E-state index in [4.69, 9.17) is 38.4 Å². The van der Waals surface area contributed by atoms with Crippen LogP contribution < -0.4 is 5.73 Å². The Morgan fingerprint density at radius 3 is 2.50 bits per heavy atom. The Morgan fingerprint density at radius 2 is 1.94 bits per heavy atom. The van der Waals surface area contributed by atoms with Crippen LogP contribution in [-0.2, 0) is 24.3 Å². The first-order chi connectivity index (χ1) is 15.6. The molecule has 0 radical (unpaired) electrons. The normalized spacial score (nSPS) is 18.6. The van der Waals surface area contributed by atoms with Crippen molar-refractivity contribution in [1.82, 2.24) is 9.21 Å². The number of hydrogen-bond donors (Lipinski definition) is 1. The van der Waals surface area contributed by atoms with Crippen LogP contribution in [0.3, 0.4) is 0 Å². The molecule has 1 heterocycles. The van der Waals surface area contributed by atoms with Gasteiger partial charge in [0.1, 0.15) is 10.5 Å². The Balaban J connectivity index is 2.25. The first-order valence-electron chi connectivity index (χ1n) is 11.0. The summed E-state index contributed by atoms with van der Waals surface area (Å²) < 4.78 is 38.7. The maximum absolute atomic E-state index is 13.2.